The van der Waals surface area contributed by atoms with Gasteiger partial charge in [-0.05, 0) is 43.3 Å². The number of sulfonamides is 1. The summed E-state index contributed by atoms with van der Waals surface area (Å²) in [5, 5.41) is 13.3. The Balaban J connectivity index is 1.30. The largest absolute Gasteiger partial charge is 0.497 e. The molecule has 1 aliphatic heterocycles. The van der Waals surface area contributed by atoms with Gasteiger partial charge in [0.25, 0.3) is 0 Å². The summed E-state index contributed by atoms with van der Waals surface area (Å²) in [6.45, 7) is 3.95. The maximum absolute atomic E-state index is 12.7. The number of aromatic nitrogens is 4. The van der Waals surface area contributed by atoms with Crippen LogP contribution in [0.1, 0.15) is 12.7 Å². The number of fused-ring (bicyclic) bond motifs is 1. The highest BCUT2D eigenvalue weighted by atomic mass is 32.2. The third kappa shape index (κ3) is 6.71. The molecule has 38 heavy (non-hydrogen) atoms. The summed E-state index contributed by atoms with van der Waals surface area (Å²) < 4.78 is 39.3. The first kappa shape index (κ1) is 27.6. The van der Waals surface area contributed by atoms with Crippen LogP contribution in [0.2, 0.25) is 0 Å². The van der Waals surface area contributed by atoms with Gasteiger partial charge in [-0.25, -0.2) is 17.9 Å². The van der Waals surface area contributed by atoms with Crippen LogP contribution in [0.25, 0.3) is 5.65 Å². The zero-order valence-corrected chi connectivity index (χ0v) is 22.7. The maximum atomic E-state index is 12.7. The minimum atomic E-state index is -3.70. The van der Waals surface area contributed by atoms with E-state index < -0.39 is 10.0 Å². The van der Waals surface area contributed by atoms with Crippen LogP contribution < -0.4 is 9.46 Å². The Kier molecular flexibility index (Phi) is 9.01. The van der Waals surface area contributed by atoms with Crippen LogP contribution in [-0.4, -0.2) is 102 Å². The summed E-state index contributed by atoms with van der Waals surface area (Å²) in [7, 11) is -2.19. The fourth-order valence-corrected chi connectivity index (χ4v) is 5.55. The van der Waals surface area contributed by atoms with E-state index >= 15 is 0 Å². The highest BCUT2D eigenvalue weighted by Crippen LogP contribution is 2.18. The van der Waals surface area contributed by atoms with Crippen LogP contribution in [-0.2, 0) is 26.0 Å². The highest BCUT2D eigenvalue weighted by Gasteiger charge is 2.25. The molecule has 1 fully saturated rings. The topological polar surface area (TPSA) is 148 Å². The summed E-state index contributed by atoms with van der Waals surface area (Å²) in [6, 6.07) is 9.61. The van der Waals surface area contributed by atoms with Crippen molar-refractivity contribution in [3.05, 3.63) is 42.2 Å². The van der Waals surface area contributed by atoms with Gasteiger partial charge in [-0.1, -0.05) is 11.8 Å². The molecule has 4 rings (SSSR count). The number of carbonyl (C=O) groups is 2. The van der Waals surface area contributed by atoms with Gasteiger partial charge in [0.1, 0.15) is 10.8 Å². The summed E-state index contributed by atoms with van der Waals surface area (Å²) >= 11 is 1.29. The lowest BCUT2D eigenvalue weighted by atomic mass is 10.3. The minimum Gasteiger partial charge on any atom is -0.497 e. The van der Waals surface area contributed by atoms with Gasteiger partial charge in [0.2, 0.25) is 15.9 Å². The molecule has 2 amide bonds. The van der Waals surface area contributed by atoms with E-state index in [2.05, 4.69) is 20.0 Å². The Morgan fingerprint density at radius 2 is 1.74 bits per heavy atom. The maximum Gasteiger partial charge on any atom is 0.409 e. The lowest BCUT2D eigenvalue weighted by Crippen LogP contribution is -2.51. The molecular formula is C23H29N7O6S2. The molecule has 15 heteroatoms. The normalized spacial score (nSPS) is 14.1. The fraction of sp³-hybridized carbons (Fsp3) is 0.435. The number of rotatable bonds is 10. The first-order chi connectivity index (χ1) is 18.3. The molecule has 0 spiro atoms. The van der Waals surface area contributed by atoms with Crippen molar-refractivity contribution in [1.82, 2.24) is 34.3 Å². The van der Waals surface area contributed by atoms with Gasteiger partial charge in [0.15, 0.2) is 11.5 Å². The van der Waals surface area contributed by atoms with Crippen LogP contribution in [0.15, 0.2) is 46.3 Å². The number of ether oxygens (including phenoxy) is 2. The average Bonchev–Trinajstić information content (AvgIpc) is 3.34. The van der Waals surface area contributed by atoms with Gasteiger partial charge in [-0.2, -0.15) is 9.61 Å². The Morgan fingerprint density at radius 1 is 1.03 bits per heavy atom. The molecule has 0 unspecified atom stereocenters. The molecule has 1 aromatic carbocycles. The number of carbonyl (C=O) groups excluding carboxylic acids is 2. The van der Waals surface area contributed by atoms with Crippen LogP contribution in [0, 0.1) is 0 Å². The zero-order valence-electron chi connectivity index (χ0n) is 21.1. The number of piperazine rings is 1. The molecule has 0 radical (unpaired) electrons. The third-order valence-electron chi connectivity index (χ3n) is 5.82. The molecule has 1 aliphatic rings. The Morgan fingerprint density at radius 3 is 2.42 bits per heavy atom. The summed E-state index contributed by atoms with van der Waals surface area (Å²) in [4.78, 5) is 28.0. The molecule has 0 saturated carbocycles. The summed E-state index contributed by atoms with van der Waals surface area (Å²) in [6.07, 6.45) is -0.0915. The van der Waals surface area contributed by atoms with Crippen molar-refractivity contribution in [3.8, 4) is 5.75 Å². The molecular weight excluding hydrogens is 534 g/mol. The first-order valence-electron chi connectivity index (χ1n) is 12.0. The lowest BCUT2D eigenvalue weighted by Gasteiger charge is -2.34. The summed E-state index contributed by atoms with van der Waals surface area (Å²) in [5.74, 6) is 1.20. The number of hydrogen-bond donors (Lipinski definition) is 1. The van der Waals surface area contributed by atoms with Crippen molar-refractivity contribution >= 4 is 39.4 Å². The van der Waals surface area contributed by atoms with Crippen LogP contribution in [0.5, 0.6) is 5.75 Å². The molecule has 1 saturated heterocycles. The van der Waals surface area contributed by atoms with E-state index in [1.807, 2.05) is 0 Å². The number of nitrogens with one attached hydrogen (secondary N) is 1. The molecule has 2 aromatic heterocycles. The van der Waals surface area contributed by atoms with Gasteiger partial charge < -0.3 is 19.3 Å². The predicted molar refractivity (Wildman–Crippen MR) is 139 cm³/mol. The number of methoxy groups -OCH3 is 1. The van der Waals surface area contributed by atoms with Crippen molar-refractivity contribution in [3.63, 3.8) is 0 Å². The third-order valence-corrected chi connectivity index (χ3v) is 8.20. The van der Waals surface area contributed by atoms with Crippen molar-refractivity contribution in [2.45, 2.75) is 23.3 Å². The van der Waals surface area contributed by atoms with Crippen molar-refractivity contribution in [2.24, 2.45) is 0 Å². The number of amides is 2. The van der Waals surface area contributed by atoms with E-state index in [0.29, 0.717) is 55.0 Å². The van der Waals surface area contributed by atoms with E-state index in [-0.39, 0.29) is 35.6 Å². The second-order valence-electron chi connectivity index (χ2n) is 8.24. The highest BCUT2D eigenvalue weighted by molar-refractivity contribution is 7.99. The molecule has 204 valence electrons. The van der Waals surface area contributed by atoms with E-state index in [9.17, 15) is 18.0 Å². The second-order valence-corrected chi connectivity index (χ2v) is 11.0. The number of thioether (sulfide) groups is 1. The van der Waals surface area contributed by atoms with E-state index in [1.54, 1.807) is 45.5 Å². The Labute approximate surface area is 224 Å². The molecule has 3 aromatic rings. The SMILES string of the molecule is CCOC(=O)N1CCN(C(=O)CSc2ccc3nnc(CCNS(=O)(=O)c4ccc(OC)cc4)n3n2)CC1. The molecule has 0 bridgehead atoms. The van der Waals surface area contributed by atoms with Crippen molar-refractivity contribution < 1.29 is 27.5 Å². The smallest absolute Gasteiger partial charge is 0.409 e. The zero-order chi connectivity index (χ0) is 27.1. The Hall–Kier alpha value is -3.43. The molecule has 1 N–H and O–H groups in total. The molecule has 0 atom stereocenters. The summed E-state index contributed by atoms with van der Waals surface area (Å²) in [5.41, 5.74) is 0.517. The number of benzene rings is 1. The average molecular weight is 564 g/mol. The van der Waals surface area contributed by atoms with E-state index in [1.165, 1.54) is 31.0 Å². The van der Waals surface area contributed by atoms with Gasteiger partial charge in [0, 0.05) is 39.1 Å². The monoisotopic (exact) mass is 563 g/mol. The standard InChI is InChI=1S/C23H29N7O6S2/c1-3-36-23(32)29-14-12-28(13-15-29)22(31)16-37-21-9-8-19-25-26-20(30(19)27-21)10-11-24-38(33,34)18-6-4-17(35-2)5-7-18/h4-9,24H,3,10-16H2,1-2H3. The van der Waals surface area contributed by atoms with Crippen molar-refractivity contribution in [2.75, 3.05) is 52.2 Å². The van der Waals surface area contributed by atoms with Crippen LogP contribution >= 0.6 is 11.8 Å². The Bertz CT molecular complexity index is 1370. The lowest BCUT2D eigenvalue weighted by molar-refractivity contribution is -0.129. The molecule has 0 aliphatic carbocycles. The van der Waals surface area contributed by atoms with Gasteiger partial charge in [0.05, 0.1) is 24.4 Å². The van der Waals surface area contributed by atoms with Crippen LogP contribution in [0.4, 0.5) is 4.79 Å². The van der Waals surface area contributed by atoms with Crippen molar-refractivity contribution in [1.29, 1.82) is 0 Å². The van der Waals surface area contributed by atoms with E-state index in [4.69, 9.17) is 9.47 Å². The van der Waals surface area contributed by atoms with Gasteiger partial charge in [-0.3, -0.25) is 4.79 Å². The first-order valence-corrected chi connectivity index (χ1v) is 14.4. The van der Waals surface area contributed by atoms with Crippen LogP contribution in [0.3, 0.4) is 0 Å². The molecule has 3 heterocycles. The number of hydrogen-bond acceptors (Lipinski definition) is 10. The van der Waals surface area contributed by atoms with Gasteiger partial charge in [-0.15, -0.1) is 10.2 Å². The quantitative estimate of drug-likeness (QED) is 0.355. The molecule has 13 nitrogen and oxygen atoms in total. The number of nitrogens with zero attached hydrogens (tertiary/aromatic N) is 6. The fourth-order valence-electron chi connectivity index (χ4n) is 3.76. The van der Waals surface area contributed by atoms with E-state index in [0.717, 1.165) is 0 Å². The predicted octanol–water partition coefficient (Wildman–Crippen LogP) is 1.05. The minimum absolute atomic E-state index is 0.0441. The van der Waals surface area contributed by atoms with Gasteiger partial charge >= 0.3 is 6.09 Å². The second kappa shape index (κ2) is 12.4.